The molecule has 3 aromatic rings. The van der Waals surface area contributed by atoms with E-state index in [2.05, 4.69) is 11.0 Å². The smallest absolute Gasteiger partial charge is 0.266 e. The van der Waals surface area contributed by atoms with Gasteiger partial charge in [-0.3, -0.25) is 9.59 Å². The summed E-state index contributed by atoms with van der Waals surface area (Å²) in [4.78, 5) is 28.8. The Morgan fingerprint density at radius 2 is 1.30 bits per heavy atom. The first kappa shape index (κ1) is 21.4. The third kappa shape index (κ3) is 3.71. The number of nitrogens with zero attached hydrogens (tertiary/aromatic N) is 3. The standard InChI is InChI=1S/C25H23N3O4S/c1-18-5-4-6-20(17-18)26-13-15-27(16-14-26)33(31,32)21-11-9-19(10-12-21)28-24(29)22-7-2-3-8-23(22)25(28)30/h2-12,17H,13-16H2,1H3. The quantitative estimate of drug-likeness (QED) is 0.557. The number of carbonyl (C=O) groups excluding carboxylic acids is 2. The van der Waals surface area contributed by atoms with Crippen LogP contribution in [-0.4, -0.2) is 50.7 Å². The Kier molecular flexibility index (Phi) is 5.26. The zero-order chi connectivity index (χ0) is 23.2. The highest BCUT2D eigenvalue weighted by molar-refractivity contribution is 7.89. The van der Waals surface area contributed by atoms with Crippen molar-refractivity contribution >= 4 is 33.2 Å². The Balaban J connectivity index is 1.31. The van der Waals surface area contributed by atoms with E-state index in [4.69, 9.17) is 0 Å². The van der Waals surface area contributed by atoms with Crippen LogP contribution < -0.4 is 9.80 Å². The van der Waals surface area contributed by atoms with Gasteiger partial charge in [-0.2, -0.15) is 4.31 Å². The Morgan fingerprint density at radius 1 is 0.697 bits per heavy atom. The first-order chi connectivity index (χ1) is 15.9. The number of hydrogen-bond acceptors (Lipinski definition) is 5. The number of piperazine rings is 1. The van der Waals surface area contributed by atoms with Gasteiger partial charge in [0.1, 0.15) is 0 Å². The maximum absolute atomic E-state index is 13.2. The van der Waals surface area contributed by atoms with Gasteiger partial charge in [0, 0.05) is 31.9 Å². The van der Waals surface area contributed by atoms with Crippen molar-refractivity contribution in [2.75, 3.05) is 36.0 Å². The number of hydrogen-bond donors (Lipinski definition) is 0. The first-order valence-corrected chi connectivity index (χ1v) is 12.2. The molecule has 33 heavy (non-hydrogen) atoms. The molecule has 0 saturated carbocycles. The summed E-state index contributed by atoms with van der Waals surface area (Å²) < 4.78 is 27.9. The van der Waals surface area contributed by atoms with Crippen molar-refractivity contribution in [3.63, 3.8) is 0 Å². The second kappa shape index (κ2) is 8.13. The summed E-state index contributed by atoms with van der Waals surface area (Å²) in [6.07, 6.45) is 0. The molecule has 0 radical (unpaired) electrons. The third-order valence-corrected chi connectivity index (χ3v) is 8.05. The number of amides is 2. The third-order valence-electron chi connectivity index (χ3n) is 6.13. The minimum atomic E-state index is -3.68. The number of aryl methyl sites for hydroxylation is 1. The van der Waals surface area contributed by atoms with E-state index in [1.165, 1.54) is 34.1 Å². The van der Waals surface area contributed by atoms with Crippen molar-refractivity contribution in [2.24, 2.45) is 0 Å². The molecule has 2 aliphatic heterocycles. The summed E-state index contributed by atoms with van der Waals surface area (Å²) in [5, 5.41) is 0. The fourth-order valence-electron chi connectivity index (χ4n) is 4.35. The van der Waals surface area contributed by atoms with Crippen LogP contribution in [0.2, 0.25) is 0 Å². The molecule has 2 aliphatic rings. The van der Waals surface area contributed by atoms with Crippen molar-refractivity contribution in [3.8, 4) is 0 Å². The van der Waals surface area contributed by atoms with Crippen molar-refractivity contribution in [3.05, 3.63) is 89.5 Å². The van der Waals surface area contributed by atoms with E-state index in [9.17, 15) is 18.0 Å². The molecule has 0 aliphatic carbocycles. The largest absolute Gasteiger partial charge is 0.369 e. The number of anilines is 2. The number of imide groups is 1. The van der Waals surface area contributed by atoms with Gasteiger partial charge in [-0.1, -0.05) is 24.3 Å². The fourth-order valence-corrected chi connectivity index (χ4v) is 5.77. The van der Waals surface area contributed by atoms with Crippen LogP contribution in [0.25, 0.3) is 0 Å². The molecule has 2 heterocycles. The van der Waals surface area contributed by atoms with Gasteiger partial charge in [0.2, 0.25) is 10.0 Å². The SMILES string of the molecule is Cc1cccc(N2CCN(S(=O)(=O)c3ccc(N4C(=O)c5ccccc5C4=O)cc3)CC2)c1. The maximum atomic E-state index is 13.2. The average molecular weight is 462 g/mol. The van der Waals surface area contributed by atoms with Gasteiger partial charge in [0.25, 0.3) is 11.8 Å². The van der Waals surface area contributed by atoms with E-state index >= 15 is 0 Å². The molecule has 0 aromatic heterocycles. The molecule has 168 valence electrons. The lowest BCUT2D eigenvalue weighted by molar-refractivity contribution is 0.0926. The fraction of sp³-hybridized carbons (Fsp3) is 0.200. The molecule has 5 rings (SSSR count). The van der Waals surface area contributed by atoms with E-state index in [-0.39, 0.29) is 4.90 Å². The molecule has 3 aromatic carbocycles. The molecular formula is C25H23N3O4S. The lowest BCUT2D eigenvalue weighted by Gasteiger charge is -2.35. The highest BCUT2D eigenvalue weighted by Gasteiger charge is 2.36. The Morgan fingerprint density at radius 3 is 1.88 bits per heavy atom. The van der Waals surface area contributed by atoms with E-state index in [1.54, 1.807) is 24.3 Å². The van der Waals surface area contributed by atoms with Crippen molar-refractivity contribution in [1.82, 2.24) is 4.31 Å². The van der Waals surface area contributed by atoms with E-state index < -0.39 is 21.8 Å². The molecular weight excluding hydrogens is 438 g/mol. The summed E-state index contributed by atoms with van der Waals surface area (Å²) in [5.74, 6) is -0.808. The van der Waals surface area contributed by atoms with Gasteiger partial charge in [-0.25, -0.2) is 13.3 Å². The zero-order valence-electron chi connectivity index (χ0n) is 18.1. The van der Waals surface area contributed by atoms with Crippen molar-refractivity contribution in [2.45, 2.75) is 11.8 Å². The summed E-state index contributed by atoms with van der Waals surface area (Å²) in [6.45, 7) is 4.02. The predicted octanol–water partition coefficient (Wildman–Crippen LogP) is 3.31. The maximum Gasteiger partial charge on any atom is 0.266 e. The minimum Gasteiger partial charge on any atom is -0.369 e. The second-order valence-corrected chi connectivity index (χ2v) is 10.2. The molecule has 0 unspecified atom stereocenters. The molecule has 8 heteroatoms. The second-order valence-electron chi connectivity index (χ2n) is 8.22. The number of sulfonamides is 1. The highest BCUT2D eigenvalue weighted by Crippen LogP contribution is 2.30. The molecule has 2 amide bonds. The normalized spacial score (nSPS) is 16.9. The topological polar surface area (TPSA) is 78.0 Å². The van der Waals surface area contributed by atoms with E-state index in [0.717, 1.165) is 10.6 Å². The van der Waals surface area contributed by atoms with Gasteiger partial charge >= 0.3 is 0 Å². The summed E-state index contributed by atoms with van der Waals surface area (Å²) in [5.41, 5.74) is 3.32. The highest BCUT2D eigenvalue weighted by atomic mass is 32.2. The van der Waals surface area contributed by atoms with Crippen molar-refractivity contribution < 1.29 is 18.0 Å². The van der Waals surface area contributed by atoms with Crippen LogP contribution in [0, 0.1) is 6.92 Å². The summed E-state index contributed by atoms with van der Waals surface area (Å²) >= 11 is 0. The first-order valence-electron chi connectivity index (χ1n) is 10.8. The van der Waals surface area contributed by atoms with Crippen LogP contribution in [-0.2, 0) is 10.0 Å². The number of fused-ring (bicyclic) bond motifs is 1. The van der Waals surface area contributed by atoms with E-state index in [0.29, 0.717) is 43.0 Å². The van der Waals surface area contributed by atoms with Crippen LogP contribution in [0.3, 0.4) is 0 Å². The van der Waals surface area contributed by atoms with Crippen LogP contribution in [0.5, 0.6) is 0 Å². The van der Waals surface area contributed by atoms with Gasteiger partial charge in [-0.15, -0.1) is 0 Å². The van der Waals surface area contributed by atoms with Crippen LogP contribution >= 0.6 is 0 Å². The van der Waals surface area contributed by atoms with Gasteiger partial charge in [0.15, 0.2) is 0 Å². The Bertz CT molecular complexity index is 1310. The van der Waals surface area contributed by atoms with Crippen LogP contribution in [0.15, 0.2) is 77.7 Å². The summed E-state index contributed by atoms with van der Waals surface area (Å²) in [7, 11) is -3.68. The Hall–Kier alpha value is -3.49. The molecule has 0 spiro atoms. The van der Waals surface area contributed by atoms with Gasteiger partial charge in [0.05, 0.1) is 21.7 Å². The Labute approximate surface area is 192 Å². The molecule has 0 bridgehead atoms. The predicted molar refractivity (Wildman–Crippen MR) is 126 cm³/mol. The number of carbonyl (C=O) groups is 2. The van der Waals surface area contributed by atoms with Crippen molar-refractivity contribution in [1.29, 1.82) is 0 Å². The number of rotatable bonds is 4. The summed E-state index contributed by atoms with van der Waals surface area (Å²) in [6, 6.07) is 20.8. The molecule has 7 nitrogen and oxygen atoms in total. The minimum absolute atomic E-state index is 0.145. The van der Waals surface area contributed by atoms with Gasteiger partial charge < -0.3 is 4.90 Å². The lowest BCUT2D eigenvalue weighted by atomic mass is 10.1. The average Bonchev–Trinajstić information content (AvgIpc) is 3.09. The molecule has 0 atom stereocenters. The van der Waals surface area contributed by atoms with Crippen LogP contribution in [0.1, 0.15) is 26.3 Å². The monoisotopic (exact) mass is 461 g/mol. The zero-order valence-corrected chi connectivity index (χ0v) is 19.0. The van der Waals surface area contributed by atoms with Crippen LogP contribution in [0.4, 0.5) is 11.4 Å². The molecule has 1 fully saturated rings. The molecule has 1 saturated heterocycles. The van der Waals surface area contributed by atoms with E-state index in [1.807, 2.05) is 25.1 Å². The van der Waals surface area contributed by atoms with Gasteiger partial charge in [-0.05, 0) is 61.0 Å². The molecule has 0 N–H and O–H groups in total. The number of benzene rings is 3. The lowest BCUT2D eigenvalue weighted by Crippen LogP contribution is -2.48.